The van der Waals surface area contributed by atoms with Crippen LogP contribution in [0.4, 0.5) is 4.39 Å². The highest BCUT2D eigenvalue weighted by atomic mass is 19.1. The van der Waals surface area contributed by atoms with E-state index in [0.717, 1.165) is 11.1 Å². The number of benzene rings is 3. The second-order valence-corrected chi connectivity index (χ2v) is 7.57. The van der Waals surface area contributed by atoms with Gasteiger partial charge in [-0.2, -0.15) is 0 Å². The maximum absolute atomic E-state index is 13.6. The Hall–Kier alpha value is -3.99. The van der Waals surface area contributed by atoms with Crippen molar-refractivity contribution in [3.63, 3.8) is 0 Å². The first kappa shape index (κ1) is 21.2. The average molecular weight is 428 g/mol. The van der Waals surface area contributed by atoms with Crippen molar-refractivity contribution >= 4 is 11.8 Å². The summed E-state index contributed by atoms with van der Waals surface area (Å²) in [7, 11) is 1.25. The summed E-state index contributed by atoms with van der Waals surface area (Å²) in [5, 5.41) is 0. The molecule has 1 heterocycles. The minimum absolute atomic E-state index is 0.0141. The minimum Gasteiger partial charge on any atom is -0.465 e. The van der Waals surface area contributed by atoms with E-state index in [4.69, 9.17) is 9.15 Å². The molecule has 4 nitrogen and oxygen atoms in total. The average Bonchev–Trinajstić information content (AvgIpc) is 3.20. The largest absolute Gasteiger partial charge is 0.465 e. The van der Waals surface area contributed by atoms with Crippen LogP contribution in [0.2, 0.25) is 0 Å². The fourth-order valence-corrected chi connectivity index (χ4v) is 3.51. The highest BCUT2D eigenvalue weighted by Crippen LogP contribution is 2.39. The van der Waals surface area contributed by atoms with Gasteiger partial charge in [0.25, 0.3) is 0 Å². The van der Waals surface area contributed by atoms with Gasteiger partial charge in [-0.3, -0.25) is 4.79 Å². The van der Waals surface area contributed by atoms with E-state index in [2.05, 4.69) is 0 Å². The molecular weight excluding hydrogens is 407 g/mol. The number of carbonyl (C=O) groups excluding carboxylic acids is 2. The molecule has 4 rings (SSSR count). The van der Waals surface area contributed by atoms with Crippen molar-refractivity contribution in [2.45, 2.75) is 13.8 Å². The Morgan fingerprint density at radius 1 is 0.719 bits per heavy atom. The highest BCUT2D eigenvalue weighted by molar-refractivity contribution is 6.19. The molecule has 160 valence electrons. The standard InChI is InChI=1S/C27H21FO4/c1-16-4-8-18(9-5-16)24(29)22-23(27(30)31-3)26(20-12-14-21(28)15-13-20)32-25(22)19-10-6-17(2)7-11-19/h4-15H,1-3H3. The maximum atomic E-state index is 13.6. The molecule has 0 aliphatic heterocycles. The van der Waals surface area contributed by atoms with Crippen molar-refractivity contribution < 1.29 is 23.1 Å². The molecule has 0 saturated heterocycles. The third kappa shape index (κ3) is 3.97. The van der Waals surface area contributed by atoms with Gasteiger partial charge in [0.2, 0.25) is 0 Å². The monoisotopic (exact) mass is 428 g/mol. The normalized spacial score (nSPS) is 10.8. The zero-order valence-electron chi connectivity index (χ0n) is 17.9. The topological polar surface area (TPSA) is 56.5 Å². The summed E-state index contributed by atoms with van der Waals surface area (Å²) < 4.78 is 24.7. The number of halogens is 1. The molecule has 0 atom stereocenters. The van der Waals surface area contributed by atoms with Gasteiger partial charge < -0.3 is 9.15 Å². The first-order chi connectivity index (χ1) is 15.4. The molecule has 32 heavy (non-hydrogen) atoms. The summed E-state index contributed by atoms with van der Waals surface area (Å²) in [5.41, 5.74) is 3.70. The number of ether oxygens (including phenoxy) is 1. The van der Waals surface area contributed by atoms with E-state index in [-0.39, 0.29) is 28.4 Å². The Balaban J connectivity index is 2.02. The van der Waals surface area contributed by atoms with E-state index in [1.165, 1.54) is 31.4 Å². The predicted molar refractivity (Wildman–Crippen MR) is 120 cm³/mol. The van der Waals surface area contributed by atoms with Crippen LogP contribution >= 0.6 is 0 Å². The third-order valence-electron chi connectivity index (χ3n) is 5.26. The van der Waals surface area contributed by atoms with Gasteiger partial charge in [0.05, 0.1) is 12.7 Å². The molecule has 0 saturated carbocycles. The molecule has 0 amide bonds. The summed E-state index contributed by atoms with van der Waals surface area (Å²) in [6.45, 7) is 3.88. The predicted octanol–water partition coefficient (Wildman–Crippen LogP) is 6.39. The molecule has 1 aromatic heterocycles. The van der Waals surface area contributed by atoms with Gasteiger partial charge in [-0.1, -0.05) is 59.7 Å². The van der Waals surface area contributed by atoms with Crippen molar-refractivity contribution in [2.24, 2.45) is 0 Å². The van der Waals surface area contributed by atoms with Crippen LogP contribution in [0.25, 0.3) is 22.6 Å². The molecule has 0 radical (unpaired) electrons. The number of aryl methyl sites for hydroxylation is 2. The smallest absolute Gasteiger partial charge is 0.342 e. The Kier molecular flexibility index (Phi) is 5.73. The molecule has 0 N–H and O–H groups in total. The number of carbonyl (C=O) groups is 2. The lowest BCUT2D eigenvalue weighted by molar-refractivity contribution is 0.0598. The number of hydrogen-bond donors (Lipinski definition) is 0. The lowest BCUT2D eigenvalue weighted by Crippen LogP contribution is -2.11. The van der Waals surface area contributed by atoms with Gasteiger partial charge in [-0.05, 0) is 38.1 Å². The molecule has 0 fully saturated rings. The van der Waals surface area contributed by atoms with Crippen molar-refractivity contribution in [1.29, 1.82) is 0 Å². The van der Waals surface area contributed by atoms with Gasteiger partial charge in [-0.25, -0.2) is 9.18 Å². The van der Waals surface area contributed by atoms with E-state index < -0.39 is 11.8 Å². The summed E-state index contributed by atoms with van der Waals surface area (Å²) >= 11 is 0. The van der Waals surface area contributed by atoms with Gasteiger partial charge in [0, 0.05) is 16.7 Å². The maximum Gasteiger partial charge on any atom is 0.342 e. The lowest BCUT2D eigenvalue weighted by atomic mass is 9.94. The molecule has 0 unspecified atom stereocenters. The van der Waals surface area contributed by atoms with Gasteiger partial charge >= 0.3 is 5.97 Å². The van der Waals surface area contributed by atoms with Gasteiger partial charge in [0.15, 0.2) is 5.78 Å². The van der Waals surface area contributed by atoms with Gasteiger partial charge in [0.1, 0.15) is 22.9 Å². The van der Waals surface area contributed by atoms with E-state index in [0.29, 0.717) is 16.7 Å². The first-order valence-corrected chi connectivity index (χ1v) is 10.1. The second-order valence-electron chi connectivity index (χ2n) is 7.57. The van der Waals surface area contributed by atoms with Crippen LogP contribution in [0.15, 0.2) is 77.2 Å². The zero-order chi connectivity index (χ0) is 22.8. The van der Waals surface area contributed by atoms with Crippen LogP contribution in [0, 0.1) is 19.7 Å². The number of esters is 1. The zero-order valence-corrected chi connectivity index (χ0v) is 17.9. The Morgan fingerprint density at radius 3 is 1.72 bits per heavy atom. The fraction of sp³-hybridized carbons (Fsp3) is 0.111. The van der Waals surface area contributed by atoms with E-state index in [1.807, 2.05) is 50.2 Å². The molecule has 3 aromatic carbocycles. The van der Waals surface area contributed by atoms with Crippen LogP contribution in [0.1, 0.15) is 37.4 Å². The molecule has 4 aromatic rings. The van der Waals surface area contributed by atoms with E-state index >= 15 is 0 Å². The first-order valence-electron chi connectivity index (χ1n) is 10.1. The lowest BCUT2D eigenvalue weighted by Gasteiger charge is -2.06. The quantitative estimate of drug-likeness (QED) is 0.273. The highest BCUT2D eigenvalue weighted by Gasteiger charge is 2.32. The summed E-state index contributed by atoms with van der Waals surface area (Å²) in [5.74, 6) is -1.08. The van der Waals surface area contributed by atoms with E-state index in [1.54, 1.807) is 12.1 Å². The number of hydrogen-bond acceptors (Lipinski definition) is 4. The van der Waals surface area contributed by atoms with Crippen molar-refractivity contribution in [2.75, 3.05) is 7.11 Å². The molecular formula is C27H21FO4. The van der Waals surface area contributed by atoms with Crippen molar-refractivity contribution in [1.82, 2.24) is 0 Å². The Bertz CT molecular complexity index is 1280. The molecule has 5 heteroatoms. The molecule has 0 aliphatic rings. The minimum atomic E-state index is -0.707. The van der Waals surface area contributed by atoms with Crippen LogP contribution in [0.5, 0.6) is 0 Å². The number of ketones is 1. The van der Waals surface area contributed by atoms with E-state index in [9.17, 15) is 14.0 Å². The SMILES string of the molecule is COC(=O)c1c(-c2ccc(F)cc2)oc(-c2ccc(C)cc2)c1C(=O)c1ccc(C)cc1. The summed E-state index contributed by atoms with van der Waals surface area (Å²) in [6.07, 6.45) is 0. The van der Waals surface area contributed by atoms with Crippen LogP contribution in [-0.2, 0) is 4.74 Å². The fourth-order valence-electron chi connectivity index (χ4n) is 3.51. The Morgan fingerprint density at radius 2 is 1.19 bits per heavy atom. The Labute approximate surface area is 185 Å². The number of rotatable bonds is 5. The van der Waals surface area contributed by atoms with Crippen LogP contribution < -0.4 is 0 Å². The molecule has 0 aliphatic carbocycles. The van der Waals surface area contributed by atoms with Crippen LogP contribution in [-0.4, -0.2) is 18.9 Å². The van der Waals surface area contributed by atoms with Crippen molar-refractivity contribution in [3.05, 3.63) is 106 Å². The van der Waals surface area contributed by atoms with Crippen LogP contribution in [0.3, 0.4) is 0 Å². The third-order valence-corrected chi connectivity index (χ3v) is 5.26. The second kappa shape index (κ2) is 8.63. The molecule has 0 bridgehead atoms. The summed E-state index contributed by atoms with van der Waals surface area (Å²) in [6, 6.07) is 20.1. The molecule has 0 spiro atoms. The number of furan rings is 1. The number of methoxy groups -OCH3 is 1. The van der Waals surface area contributed by atoms with Crippen molar-refractivity contribution in [3.8, 4) is 22.6 Å². The van der Waals surface area contributed by atoms with Gasteiger partial charge in [-0.15, -0.1) is 0 Å². The summed E-state index contributed by atoms with van der Waals surface area (Å²) in [4.78, 5) is 26.5.